The van der Waals surface area contributed by atoms with Gasteiger partial charge in [0.15, 0.2) is 0 Å². The lowest BCUT2D eigenvalue weighted by molar-refractivity contribution is -0.306. The molecule has 82 valence electrons. The van der Waals surface area contributed by atoms with Gasteiger partial charge in [0, 0.05) is 12.4 Å². The minimum absolute atomic E-state index is 0.0761. The van der Waals surface area contributed by atoms with E-state index < -0.39 is 5.97 Å². The predicted molar refractivity (Wildman–Crippen MR) is 49.2 cm³/mol. The molecule has 4 nitrogen and oxygen atoms in total. The minimum atomic E-state index is -1.11. The fourth-order valence-electron chi connectivity index (χ4n) is 1.46. The largest absolute Gasteiger partial charge is 0.550 e. The molecular weight excluding hydrogens is 184 g/mol. The van der Waals surface area contributed by atoms with E-state index in [9.17, 15) is 14.7 Å². The van der Waals surface area contributed by atoms with Crippen LogP contribution in [0, 0.1) is 11.8 Å². The van der Waals surface area contributed by atoms with Crippen molar-refractivity contribution in [3.8, 4) is 0 Å². The minimum Gasteiger partial charge on any atom is -0.550 e. The van der Waals surface area contributed by atoms with Crippen LogP contribution in [0.3, 0.4) is 0 Å². The number of rotatable bonds is 6. The zero-order valence-corrected chi connectivity index (χ0v) is 8.91. The third kappa shape index (κ3) is 6.46. The Kier molecular flexibility index (Phi) is 5.92. The first kappa shape index (κ1) is 12.9. The highest BCUT2D eigenvalue weighted by Gasteiger charge is 2.15. The maximum absolute atomic E-state index is 10.9. The van der Waals surface area contributed by atoms with Crippen molar-refractivity contribution in [1.29, 1.82) is 0 Å². The van der Waals surface area contributed by atoms with E-state index in [0.29, 0.717) is 12.3 Å². The normalized spacial score (nSPS) is 12.6. The fourth-order valence-corrected chi connectivity index (χ4v) is 1.46. The Morgan fingerprint density at radius 3 is 2.21 bits per heavy atom. The zero-order chi connectivity index (χ0) is 11.1. The number of methoxy groups -OCH3 is 1. The highest BCUT2D eigenvalue weighted by atomic mass is 16.5. The molecule has 0 bridgehead atoms. The number of hydrogen-bond donors (Lipinski definition) is 0. The smallest absolute Gasteiger partial charge is 0.305 e. The second kappa shape index (κ2) is 6.40. The van der Waals surface area contributed by atoms with Crippen LogP contribution in [0.25, 0.3) is 0 Å². The van der Waals surface area contributed by atoms with Crippen molar-refractivity contribution in [2.75, 3.05) is 7.11 Å². The molecule has 0 aromatic heterocycles. The summed E-state index contributed by atoms with van der Waals surface area (Å²) in [5.41, 5.74) is 0. The highest BCUT2D eigenvalue weighted by molar-refractivity contribution is 5.71. The summed E-state index contributed by atoms with van der Waals surface area (Å²) >= 11 is 0. The van der Waals surface area contributed by atoms with Gasteiger partial charge in [-0.05, 0) is 24.7 Å². The van der Waals surface area contributed by atoms with E-state index in [-0.39, 0.29) is 24.7 Å². The topological polar surface area (TPSA) is 66.4 Å². The molecule has 0 aromatic carbocycles. The lowest BCUT2D eigenvalue weighted by atomic mass is 9.91. The molecule has 0 rings (SSSR count). The Morgan fingerprint density at radius 2 is 1.86 bits per heavy atom. The molecule has 0 saturated heterocycles. The van der Waals surface area contributed by atoms with Gasteiger partial charge in [-0.2, -0.15) is 0 Å². The molecule has 0 N–H and O–H groups in total. The zero-order valence-electron chi connectivity index (χ0n) is 8.91. The highest BCUT2D eigenvalue weighted by Crippen LogP contribution is 2.19. The van der Waals surface area contributed by atoms with Crippen LogP contribution in [0.2, 0.25) is 0 Å². The number of carboxylic acids is 1. The summed E-state index contributed by atoms with van der Waals surface area (Å²) in [5, 5.41) is 10.4. The average Bonchev–Trinajstić information content (AvgIpc) is 2.01. The second-order valence-corrected chi connectivity index (χ2v) is 3.85. The quantitative estimate of drug-likeness (QED) is 0.582. The summed E-state index contributed by atoms with van der Waals surface area (Å²) in [6, 6.07) is 0. The first-order valence-corrected chi connectivity index (χ1v) is 4.72. The van der Waals surface area contributed by atoms with Crippen LogP contribution in [-0.2, 0) is 14.3 Å². The van der Waals surface area contributed by atoms with Gasteiger partial charge in [-0.1, -0.05) is 13.8 Å². The Bertz CT molecular complexity index is 198. The second-order valence-electron chi connectivity index (χ2n) is 3.85. The molecule has 0 heterocycles. The molecule has 0 aliphatic carbocycles. The number of carbonyl (C=O) groups is 2. The van der Waals surface area contributed by atoms with Crippen LogP contribution in [0.15, 0.2) is 0 Å². The van der Waals surface area contributed by atoms with Crippen LogP contribution in [0.1, 0.15) is 33.1 Å². The Morgan fingerprint density at radius 1 is 1.29 bits per heavy atom. The molecule has 0 amide bonds. The molecule has 14 heavy (non-hydrogen) atoms. The van der Waals surface area contributed by atoms with Crippen molar-refractivity contribution < 1.29 is 19.4 Å². The summed E-state index contributed by atoms with van der Waals surface area (Å²) in [5.74, 6) is -1.28. The lowest BCUT2D eigenvalue weighted by Gasteiger charge is -2.17. The summed E-state index contributed by atoms with van der Waals surface area (Å²) in [7, 11) is 1.30. The monoisotopic (exact) mass is 201 g/mol. The molecule has 0 saturated carbocycles. The first-order chi connectivity index (χ1) is 6.45. The van der Waals surface area contributed by atoms with Gasteiger partial charge in [0.05, 0.1) is 7.11 Å². The number of carbonyl (C=O) groups excluding carboxylic acids is 2. The number of ether oxygens (including phenoxy) is 1. The number of esters is 1. The van der Waals surface area contributed by atoms with Gasteiger partial charge in [-0.25, -0.2) is 0 Å². The van der Waals surface area contributed by atoms with E-state index in [1.807, 2.05) is 13.8 Å². The SMILES string of the molecule is COC(=O)C[C@H](CC(=O)[O-])CC(C)C. The summed E-state index contributed by atoms with van der Waals surface area (Å²) < 4.78 is 4.49. The van der Waals surface area contributed by atoms with E-state index in [1.165, 1.54) is 7.11 Å². The summed E-state index contributed by atoms with van der Waals surface area (Å²) in [4.78, 5) is 21.3. The van der Waals surface area contributed by atoms with Gasteiger partial charge in [0.2, 0.25) is 0 Å². The van der Waals surface area contributed by atoms with E-state index in [2.05, 4.69) is 4.74 Å². The van der Waals surface area contributed by atoms with E-state index >= 15 is 0 Å². The molecule has 0 fully saturated rings. The van der Waals surface area contributed by atoms with Crippen LogP contribution in [0.5, 0.6) is 0 Å². The summed E-state index contributed by atoms with van der Waals surface area (Å²) in [6.07, 6.45) is 0.777. The first-order valence-electron chi connectivity index (χ1n) is 4.72. The van der Waals surface area contributed by atoms with E-state index in [0.717, 1.165) is 0 Å². The molecule has 0 unspecified atom stereocenters. The molecule has 0 aliphatic rings. The van der Waals surface area contributed by atoms with Gasteiger partial charge in [0.1, 0.15) is 0 Å². The van der Waals surface area contributed by atoms with Crippen LogP contribution >= 0.6 is 0 Å². The number of carboxylic acid groups (broad SMARTS) is 1. The van der Waals surface area contributed by atoms with Gasteiger partial charge in [-0.3, -0.25) is 4.79 Å². The maximum Gasteiger partial charge on any atom is 0.305 e. The van der Waals surface area contributed by atoms with Gasteiger partial charge < -0.3 is 14.6 Å². The fraction of sp³-hybridized carbons (Fsp3) is 0.800. The lowest BCUT2D eigenvalue weighted by Crippen LogP contribution is -2.27. The van der Waals surface area contributed by atoms with E-state index in [1.54, 1.807) is 0 Å². The van der Waals surface area contributed by atoms with Crippen molar-refractivity contribution in [1.82, 2.24) is 0 Å². The molecular formula is C10H17O4-. The third-order valence-electron chi connectivity index (χ3n) is 1.94. The van der Waals surface area contributed by atoms with Crippen molar-refractivity contribution in [2.24, 2.45) is 11.8 Å². The van der Waals surface area contributed by atoms with Gasteiger partial charge >= 0.3 is 5.97 Å². The molecule has 0 spiro atoms. The maximum atomic E-state index is 10.9. The molecule has 0 radical (unpaired) electrons. The third-order valence-corrected chi connectivity index (χ3v) is 1.94. The Balaban J connectivity index is 4.09. The van der Waals surface area contributed by atoms with Crippen molar-refractivity contribution in [2.45, 2.75) is 33.1 Å². The molecule has 0 aromatic rings. The standard InChI is InChI=1S/C10H18O4/c1-7(2)4-8(5-9(11)12)6-10(13)14-3/h7-8H,4-6H2,1-3H3,(H,11,12)/p-1/t8-/m0/s1. The van der Waals surface area contributed by atoms with Crippen molar-refractivity contribution in [3.05, 3.63) is 0 Å². The van der Waals surface area contributed by atoms with Gasteiger partial charge in [-0.15, -0.1) is 0 Å². The average molecular weight is 201 g/mol. The Labute approximate surface area is 84.3 Å². The predicted octanol–water partition coefficient (Wildman–Crippen LogP) is 0.352. The van der Waals surface area contributed by atoms with Crippen molar-refractivity contribution >= 4 is 11.9 Å². The van der Waals surface area contributed by atoms with Gasteiger partial charge in [0.25, 0.3) is 0 Å². The molecule has 0 aliphatic heterocycles. The van der Waals surface area contributed by atoms with E-state index in [4.69, 9.17) is 0 Å². The van der Waals surface area contributed by atoms with Crippen LogP contribution < -0.4 is 5.11 Å². The molecule has 4 heteroatoms. The number of aliphatic carboxylic acids is 1. The number of hydrogen-bond acceptors (Lipinski definition) is 4. The van der Waals surface area contributed by atoms with Crippen molar-refractivity contribution in [3.63, 3.8) is 0 Å². The van der Waals surface area contributed by atoms with Crippen LogP contribution in [0.4, 0.5) is 0 Å². The Hall–Kier alpha value is -1.06. The molecule has 1 atom stereocenters. The summed E-state index contributed by atoms with van der Waals surface area (Å²) in [6.45, 7) is 3.97. The van der Waals surface area contributed by atoms with Crippen LogP contribution in [-0.4, -0.2) is 19.0 Å².